The molecule has 1 aliphatic carbocycles. The van der Waals surface area contributed by atoms with E-state index in [-0.39, 0.29) is 12.3 Å². The van der Waals surface area contributed by atoms with Gasteiger partial charge in [0.05, 0.1) is 18.2 Å². The molecule has 1 saturated carbocycles. The molecule has 0 saturated heterocycles. The van der Waals surface area contributed by atoms with Crippen molar-refractivity contribution in [3.8, 4) is 6.07 Å². The number of amides is 1. The van der Waals surface area contributed by atoms with E-state index in [2.05, 4.69) is 11.1 Å². The molecule has 0 bridgehead atoms. The van der Waals surface area contributed by atoms with Crippen LogP contribution in [-0.2, 0) is 14.3 Å². The molecular weight excluding hydrogens is 362 g/mol. The number of hydrogen-bond acceptors (Lipinski definition) is 6. The lowest BCUT2D eigenvalue weighted by Gasteiger charge is -2.38. The van der Waals surface area contributed by atoms with Crippen LogP contribution in [0.1, 0.15) is 71.1 Å². The Balaban J connectivity index is 2.06. The van der Waals surface area contributed by atoms with Gasteiger partial charge in [0, 0.05) is 12.7 Å². The van der Waals surface area contributed by atoms with E-state index < -0.39 is 30.0 Å². The molecule has 28 heavy (non-hydrogen) atoms. The van der Waals surface area contributed by atoms with E-state index >= 15 is 0 Å². The molecular formula is C20H27N3O5. The number of esters is 2. The Bertz CT molecular complexity index is 799. The van der Waals surface area contributed by atoms with Crippen LogP contribution in [-0.4, -0.2) is 53.5 Å². The third kappa shape index (κ3) is 4.19. The molecule has 8 heteroatoms. The van der Waals surface area contributed by atoms with Gasteiger partial charge in [-0.15, -0.1) is 0 Å². The van der Waals surface area contributed by atoms with Gasteiger partial charge in [-0.1, -0.05) is 19.3 Å². The highest BCUT2D eigenvalue weighted by Gasteiger charge is 2.39. The zero-order valence-corrected chi connectivity index (χ0v) is 16.9. The van der Waals surface area contributed by atoms with Gasteiger partial charge < -0.3 is 19.4 Å². The summed E-state index contributed by atoms with van der Waals surface area (Å²) < 4.78 is 10.2. The van der Waals surface area contributed by atoms with E-state index in [1.807, 2.05) is 0 Å². The summed E-state index contributed by atoms with van der Waals surface area (Å²) in [5, 5.41) is 9.58. The lowest BCUT2D eigenvalue weighted by Crippen LogP contribution is -2.51. The maximum Gasteiger partial charge on any atom is 0.355 e. The van der Waals surface area contributed by atoms with Gasteiger partial charge in [-0.05, 0) is 39.2 Å². The average Bonchev–Trinajstić information content (AvgIpc) is 3.00. The number of nitrogens with zero attached hydrogens (tertiary/aromatic N) is 2. The Morgan fingerprint density at radius 2 is 1.79 bits per heavy atom. The molecule has 1 N–H and O–H groups in total. The lowest BCUT2D eigenvalue weighted by molar-refractivity contribution is -0.138. The molecule has 1 aromatic rings. The Kier molecular flexibility index (Phi) is 6.84. The van der Waals surface area contributed by atoms with Crippen molar-refractivity contribution in [3.63, 3.8) is 0 Å². The second-order valence-electron chi connectivity index (χ2n) is 7.08. The van der Waals surface area contributed by atoms with Crippen LogP contribution in [0.25, 0.3) is 0 Å². The second-order valence-corrected chi connectivity index (χ2v) is 7.08. The van der Waals surface area contributed by atoms with E-state index in [1.165, 1.54) is 4.90 Å². The molecule has 1 fully saturated rings. The summed E-state index contributed by atoms with van der Waals surface area (Å²) in [4.78, 5) is 41.2. The fraction of sp³-hybridized carbons (Fsp3) is 0.600. The summed E-state index contributed by atoms with van der Waals surface area (Å²) in [7, 11) is 1.58. The lowest BCUT2D eigenvalue weighted by atomic mass is 9.81. The minimum absolute atomic E-state index is 0.115. The molecule has 1 aliphatic rings. The number of rotatable bonds is 6. The molecule has 0 unspecified atom stereocenters. The topological polar surface area (TPSA) is 112 Å². The Morgan fingerprint density at radius 1 is 1.14 bits per heavy atom. The van der Waals surface area contributed by atoms with Crippen molar-refractivity contribution in [1.82, 2.24) is 9.88 Å². The van der Waals surface area contributed by atoms with Gasteiger partial charge in [0.2, 0.25) is 0 Å². The summed E-state index contributed by atoms with van der Waals surface area (Å²) in [6.45, 7) is 4.74. The third-order valence-electron chi connectivity index (χ3n) is 5.35. The minimum Gasteiger partial charge on any atom is -0.462 e. The molecule has 2 rings (SSSR count). The normalized spacial score (nSPS) is 15.4. The fourth-order valence-electron chi connectivity index (χ4n) is 3.66. The van der Waals surface area contributed by atoms with Crippen molar-refractivity contribution >= 4 is 17.8 Å². The first kappa shape index (κ1) is 21.5. The van der Waals surface area contributed by atoms with Gasteiger partial charge in [-0.2, -0.15) is 5.26 Å². The van der Waals surface area contributed by atoms with Crippen LogP contribution in [0.3, 0.4) is 0 Å². The monoisotopic (exact) mass is 389 g/mol. The third-order valence-corrected chi connectivity index (χ3v) is 5.35. The van der Waals surface area contributed by atoms with Crippen LogP contribution in [0.5, 0.6) is 0 Å². The molecule has 1 aromatic heterocycles. The minimum atomic E-state index is -0.836. The van der Waals surface area contributed by atoms with Gasteiger partial charge >= 0.3 is 11.9 Å². The predicted molar refractivity (Wildman–Crippen MR) is 101 cm³/mol. The maximum atomic E-state index is 12.5. The molecule has 0 radical (unpaired) electrons. The van der Waals surface area contributed by atoms with Crippen LogP contribution >= 0.6 is 0 Å². The molecule has 0 aromatic carbocycles. The standard InChI is InChI=1S/C20H27N3O5/c1-5-27-18(25)16-13(2)17(22-14(16)3)19(26)28-11-15(24)23(4)20(12-21)9-7-6-8-10-20/h22H,5-11H2,1-4H3. The van der Waals surface area contributed by atoms with E-state index in [9.17, 15) is 19.6 Å². The number of ether oxygens (including phenoxy) is 2. The molecule has 1 amide bonds. The highest BCUT2D eigenvalue weighted by atomic mass is 16.5. The number of H-pyrrole nitrogens is 1. The van der Waals surface area contributed by atoms with Crippen LogP contribution in [0.2, 0.25) is 0 Å². The average molecular weight is 389 g/mol. The number of aromatic amines is 1. The van der Waals surface area contributed by atoms with Gasteiger partial charge in [0.1, 0.15) is 11.2 Å². The summed E-state index contributed by atoms with van der Waals surface area (Å²) in [6.07, 6.45) is 4.08. The predicted octanol–water partition coefficient (Wildman–Crippen LogP) is 2.65. The first-order valence-corrected chi connectivity index (χ1v) is 9.48. The van der Waals surface area contributed by atoms with Crippen molar-refractivity contribution < 1.29 is 23.9 Å². The first-order chi connectivity index (χ1) is 13.3. The van der Waals surface area contributed by atoms with Crippen LogP contribution in [0.4, 0.5) is 0 Å². The number of carbonyl (C=O) groups is 3. The molecule has 0 spiro atoms. The molecule has 8 nitrogen and oxygen atoms in total. The number of nitrogens with one attached hydrogen (secondary N) is 1. The summed E-state index contributed by atoms with van der Waals surface area (Å²) in [6, 6.07) is 2.27. The maximum absolute atomic E-state index is 12.5. The van der Waals surface area contributed by atoms with Gasteiger partial charge in [-0.25, -0.2) is 9.59 Å². The van der Waals surface area contributed by atoms with E-state index in [0.717, 1.165) is 19.3 Å². The Morgan fingerprint density at radius 3 is 2.36 bits per heavy atom. The summed E-state index contributed by atoms with van der Waals surface area (Å²) >= 11 is 0. The SMILES string of the molecule is CCOC(=O)c1c(C)[nH]c(C(=O)OCC(=O)N(C)C2(C#N)CCCCC2)c1C. The molecule has 1 heterocycles. The Hall–Kier alpha value is -2.82. The van der Waals surface area contributed by atoms with Crippen molar-refractivity contribution in [3.05, 3.63) is 22.5 Å². The van der Waals surface area contributed by atoms with Crippen molar-refractivity contribution in [2.24, 2.45) is 0 Å². The van der Waals surface area contributed by atoms with Crippen molar-refractivity contribution in [2.75, 3.05) is 20.3 Å². The number of likely N-dealkylation sites (N-methyl/N-ethyl adjacent to an activating group) is 1. The van der Waals surface area contributed by atoms with Gasteiger partial charge in [-0.3, -0.25) is 4.79 Å². The molecule has 152 valence electrons. The van der Waals surface area contributed by atoms with E-state index in [0.29, 0.717) is 29.7 Å². The van der Waals surface area contributed by atoms with Crippen LogP contribution in [0, 0.1) is 25.2 Å². The number of aryl methyl sites for hydroxylation is 1. The van der Waals surface area contributed by atoms with Crippen LogP contribution in [0.15, 0.2) is 0 Å². The number of carbonyl (C=O) groups excluding carboxylic acids is 3. The van der Waals surface area contributed by atoms with Crippen molar-refractivity contribution in [2.45, 2.75) is 58.4 Å². The van der Waals surface area contributed by atoms with Crippen LogP contribution < -0.4 is 0 Å². The van der Waals surface area contributed by atoms with Crippen molar-refractivity contribution in [1.29, 1.82) is 5.26 Å². The van der Waals surface area contributed by atoms with E-state index in [4.69, 9.17) is 9.47 Å². The number of nitriles is 1. The zero-order valence-electron chi connectivity index (χ0n) is 16.9. The summed E-state index contributed by atoms with van der Waals surface area (Å²) in [5.41, 5.74) is 0.490. The van der Waals surface area contributed by atoms with Gasteiger partial charge in [0.15, 0.2) is 6.61 Å². The quantitative estimate of drug-likeness (QED) is 0.749. The molecule has 0 atom stereocenters. The molecule has 0 aliphatic heterocycles. The Labute approximate surface area is 164 Å². The second kappa shape index (κ2) is 8.91. The number of hydrogen-bond donors (Lipinski definition) is 1. The van der Waals surface area contributed by atoms with Gasteiger partial charge in [0.25, 0.3) is 5.91 Å². The highest BCUT2D eigenvalue weighted by Crippen LogP contribution is 2.32. The zero-order chi connectivity index (χ0) is 20.9. The number of aromatic nitrogens is 1. The smallest absolute Gasteiger partial charge is 0.355 e. The van der Waals surface area contributed by atoms with E-state index in [1.54, 1.807) is 27.8 Å². The fourth-order valence-corrected chi connectivity index (χ4v) is 3.66. The highest BCUT2D eigenvalue weighted by molar-refractivity contribution is 5.99. The first-order valence-electron chi connectivity index (χ1n) is 9.48. The summed E-state index contributed by atoms with van der Waals surface area (Å²) in [5.74, 6) is -1.67. The largest absolute Gasteiger partial charge is 0.462 e.